The summed E-state index contributed by atoms with van der Waals surface area (Å²) in [6.45, 7) is 3.58. The third-order valence-corrected chi connectivity index (χ3v) is 2.66. The molecule has 104 valence electrons. The number of phenolic OH excluding ortho intramolecular Hbond substituents is 1. The second-order valence-corrected chi connectivity index (χ2v) is 4.01. The largest absolute Gasteiger partial charge is 0.505 e. The third-order valence-electron chi connectivity index (χ3n) is 2.66. The van der Waals surface area contributed by atoms with Gasteiger partial charge in [-0.2, -0.15) is 4.39 Å². The smallest absolute Gasteiger partial charge is 0.200 e. The zero-order valence-electron chi connectivity index (χ0n) is 10.4. The minimum absolute atomic E-state index is 0.00620. The molecular formula is C15H11F3O2. The molecule has 0 unspecified atom stereocenters. The topological polar surface area (TPSA) is 29.5 Å². The Bertz CT molecular complexity index is 654. The van der Waals surface area contributed by atoms with Crippen molar-refractivity contribution in [2.75, 3.05) is 6.61 Å². The number of halogens is 3. The van der Waals surface area contributed by atoms with Gasteiger partial charge in [-0.1, -0.05) is 18.7 Å². The summed E-state index contributed by atoms with van der Waals surface area (Å²) in [5, 5.41) is 9.05. The Hall–Kier alpha value is -2.43. The first-order chi connectivity index (χ1) is 9.54. The van der Waals surface area contributed by atoms with Gasteiger partial charge >= 0.3 is 0 Å². The summed E-state index contributed by atoms with van der Waals surface area (Å²) >= 11 is 0. The molecule has 0 aromatic heterocycles. The maximum Gasteiger partial charge on any atom is 0.200 e. The fraction of sp³-hybridized carbons (Fsp3) is 0.0667. The van der Waals surface area contributed by atoms with Crippen LogP contribution in [0, 0.1) is 17.5 Å². The van der Waals surface area contributed by atoms with Crippen molar-refractivity contribution in [3.05, 3.63) is 60.4 Å². The van der Waals surface area contributed by atoms with Crippen molar-refractivity contribution in [1.82, 2.24) is 0 Å². The molecule has 1 N–H and O–H groups in total. The Balaban J connectivity index is 2.42. The highest BCUT2D eigenvalue weighted by atomic mass is 19.2. The normalized spacial score (nSPS) is 10.3. The summed E-state index contributed by atoms with van der Waals surface area (Å²) in [7, 11) is 0. The number of hydrogen-bond donors (Lipinski definition) is 1. The first-order valence-corrected chi connectivity index (χ1v) is 5.75. The predicted octanol–water partition coefficient (Wildman–Crippen LogP) is 4.04. The molecule has 2 aromatic carbocycles. The van der Waals surface area contributed by atoms with Crippen LogP contribution >= 0.6 is 0 Å². The fourth-order valence-corrected chi connectivity index (χ4v) is 1.70. The van der Waals surface area contributed by atoms with Crippen LogP contribution in [0.25, 0.3) is 11.1 Å². The van der Waals surface area contributed by atoms with Crippen LogP contribution in [-0.2, 0) is 0 Å². The molecular weight excluding hydrogens is 269 g/mol. The van der Waals surface area contributed by atoms with Gasteiger partial charge in [0.05, 0.1) is 0 Å². The van der Waals surface area contributed by atoms with Gasteiger partial charge < -0.3 is 9.84 Å². The molecule has 0 aliphatic carbocycles. The van der Waals surface area contributed by atoms with E-state index in [1.165, 1.54) is 24.3 Å². The molecule has 0 fully saturated rings. The second-order valence-electron chi connectivity index (χ2n) is 4.01. The molecule has 0 amide bonds. The highest BCUT2D eigenvalue weighted by Crippen LogP contribution is 2.31. The van der Waals surface area contributed by atoms with E-state index in [9.17, 15) is 13.2 Å². The van der Waals surface area contributed by atoms with Crippen LogP contribution in [0.1, 0.15) is 0 Å². The molecule has 0 aliphatic heterocycles. The fourth-order valence-electron chi connectivity index (χ4n) is 1.70. The Morgan fingerprint density at radius 1 is 1.10 bits per heavy atom. The molecule has 2 aromatic rings. The van der Waals surface area contributed by atoms with Crippen LogP contribution in [0.4, 0.5) is 13.2 Å². The first-order valence-electron chi connectivity index (χ1n) is 5.75. The van der Waals surface area contributed by atoms with Gasteiger partial charge in [0.15, 0.2) is 23.1 Å². The van der Waals surface area contributed by atoms with E-state index >= 15 is 0 Å². The summed E-state index contributed by atoms with van der Waals surface area (Å²) in [5.74, 6) is -4.10. The first kappa shape index (κ1) is 14.0. The van der Waals surface area contributed by atoms with Crippen LogP contribution in [0.2, 0.25) is 0 Å². The molecule has 2 rings (SSSR count). The van der Waals surface area contributed by atoms with E-state index in [1.54, 1.807) is 0 Å². The van der Waals surface area contributed by atoms with Crippen molar-refractivity contribution in [3.8, 4) is 22.6 Å². The van der Waals surface area contributed by atoms with E-state index in [1.807, 2.05) is 0 Å². The average Bonchev–Trinajstić information content (AvgIpc) is 2.44. The van der Waals surface area contributed by atoms with Crippen molar-refractivity contribution >= 4 is 0 Å². The van der Waals surface area contributed by atoms with E-state index in [-0.39, 0.29) is 23.5 Å². The molecule has 20 heavy (non-hydrogen) atoms. The van der Waals surface area contributed by atoms with Crippen LogP contribution in [-0.4, -0.2) is 11.7 Å². The van der Waals surface area contributed by atoms with Crippen LogP contribution in [0.3, 0.4) is 0 Å². The van der Waals surface area contributed by atoms with Crippen molar-refractivity contribution < 1.29 is 23.0 Å². The molecule has 2 nitrogen and oxygen atoms in total. The molecule has 0 bridgehead atoms. The molecule has 0 spiro atoms. The lowest BCUT2D eigenvalue weighted by atomic mass is 10.0. The van der Waals surface area contributed by atoms with Gasteiger partial charge in [-0.3, -0.25) is 0 Å². The number of rotatable bonds is 4. The van der Waals surface area contributed by atoms with Crippen molar-refractivity contribution in [1.29, 1.82) is 0 Å². The van der Waals surface area contributed by atoms with Crippen LogP contribution < -0.4 is 4.74 Å². The van der Waals surface area contributed by atoms with Gasteiger partial charge in [0.25, 0.3) is 0 Å². The lowest BCUT2D eigenvalue weighted by molar-refractivity contribution is 0.342. The SMILES string of the molecule is C=CCOc1ccc(-c2ccc(O)c(F)c2F)cc1F. The molecule has 0 atom stereocenters. The summed E-state index contributed by atoms with van der Waals surface area (Å²) < 4.78 is 45.7. The maximum atomic E-state index is 13.7. The van der Waals surface area contributed by atoms with Gasteiger partial charge in [-0.25, -0.2) is 8.78 Å². The van der Waals surface area contributed by atoms with Gasteiger partial charge in [0.2, 0.25) is 5.82 Å². The number of hydrogen-bond acceptors (Lipinski definition) is 2. The van der Waals surface area contributed by atoms with Crippen LogP contribution in [0.5, 0.6) is 11.5 Å². The van der Waals surface area contributed by atoms with Gasteiger partial charge in [0, 0.05) is 5.56 Å². The van der Waals surface area contributed by atoms with Gasteiger partial charge in [-0.05, 0) is 29.8 Å². The highest BCUT2D eigenvalue weighted by Gasteiger charge is 2.15. The van der Waals surface area contributed by atoms with Crippen molar-refractivity contribution in [2.45, 2.75) is 0 Å². The van der Waals surface area contributed by atoms with Crippen molar-refractivity contribution in [3.63, 3.8) is 0 Å². The Kier molecular flexibility index (Phi) is 3.98. The Morgan fingerprint density at radius 3 is 2.50 bits per heavy atom. The average molecular weight is 280 g/mol. The Morgan fingerprint density at radius 2 is 1.85 bits per heavy atom. The lowest BCUT2D eigenvalue weighted by Gasteiger charge is -2.09. The molecule has 0 aliphatic rings. The molecule has 0 saturated heterocycles. The van der Waals surface area contributed by atoms with E-state index in [0.717, 1.165) is 12.1 Å². The van der Waals surface area contributed by atoms with Crippen molar-refractivity contribution in [2.24, 2.45) is 0 Å². The number of ether oxygens (including phenoxy) is 1. The number of aromatic hydroxyl groups is 1. The van der Waals surface area contributed by atoms with E-state index < -0.39 is 23.2 Å². The zero-order chi connectivity index (χ0) is 14.7. The predicted molar refractivity (Wildman–Crippen MR) is 69.1 cm³/mol. The summed E-state index contributed by atoms with van der Waals surface area (Å²) in [6, 6.07) is 5.93. The van der Waals surface area contributed by atoms with E-state index in [4.69, 9.17) is 9.84 Å². The van der Waals surface area contributed by atoms with Crippen LogP contribution in [0.15, 0.2) is 43.0 Å². The monoisotopic (exact) mass is 280 g/mol. The quantitative estimate of drug-likeness (QED) is 0.856. The molecule has 0 saturated carbocycles. The summed E-state index contributed by atoms with van der Waals surface area (Å²) in [5.41, 5.74) is -0.000626. The lowest BCUT2D eigenvalue weighted by Crippen LogP contribution is -1.96. The molecule has 0 heterocycles. The summed E-state index contributed by atoms with van der Waals surface area (Å²) in [6.07, 6.45) is 1.46. The molecule has 5 heteroatoms. The number of benzene rings is 2. The van der Waals surface area contributed by atoms with Gasteiger partial charge in [-0.15, -0.1) is 0 Å². The summed E-state index contributed by atoms with van der Waals surface area (Å²) in [4.78, 5) is 0. The highest BCUT2D eigenvalue weighted by molar-refractivity contribution is 5.66. The number of phenols is 1. The maximum absolute atomic E-state index is 13.7. The van der Waals surface area contributed by atoms with E-state index in [0.29, 0.717) is 0 Å². The minimum Gasteiger partial charge on any atom is -0.505 e. The Labute approximate surface area is 113 Å². The van der Waals surface area contributed by atoms with E-state index in [2.05, 4.69) is 6.58 Å². The second kappa shape index (κ2) is 5.69. The van der Waals surface area contributed by atoms with Gasteiger partial charge in [0.1, 0.15) is 6.61 Å². The zero-order valence-corrected chi connectivity index (χ0v) is 10.4. The third kappa shape index (κ3) is 2.61. The molecule has 0 radical (unpaired) electrons. The standard InChI is InChI=1S/C15H11F3O2/c1-2-7-20-13-6-3-9(8-11(13)16)10-4-5-12(19)15(18)14(10)17/h2-6,8,19H,1,7H2. The minimum atomic E-state index is -1.37.